The Bertz CT molecular complexity index is 618. The van der Waals surface area contributed by atoms with Gasteiger partial charge in [0.05, 0.1) is 5.71 Å². The number of likely N-dealkylation sites (tertiary alicyclic amines) is 1. The van der Waals surface area contributed by atoms with Crippen LogP contribution in [0.5, 0.6) is 0 Å². The van der Waals surface area contributed by atoms with Gasteiger partial charge in [-0.3, -0.25) is 4.79 Å². The highest BCUT2D eigenvalue weighted by atomic mass is 16.6. The first kappa shape index (κ1) is 21.3. The van der Waals surface area contributed by atoms with E-state index in [-0.39, 0.29) is 11.5 Å². The van der Waals surface area contributed by atoms with Crippen molar-refractivity contribution in [1.82, 2.24) is 4.90 Å². The molecule has 3 saturated carbocycles. The van der Waals surface area contributed by atoms with E-state index in [0.717, 1.165) is 69.4 Å². The van der Waals surface area contributed by atoms with Gasteiger partial charge in [-0.15, -0.1) is 0 Å². The normalized spacial score (nSPS) is 42.4. The molecule has 0 aromatic carbocycles. The van der Waals surface area contributed by atoms with Gasteiger partial charge in [0.2, 0.25) is 0 Å². The molecule has 6 atom stereocenters. The zero-order valence-corrected chi connectivity index (χ0v) is 19.0. The summed E-state index contributed by atoms with van der Waals surface area (Å²) in [4.78, 5) is 20.8. The van der Waals surface area contributed by atoms with E-state index >= 15 is 0 Å². The van der Waals surface area contributed by atoms with E-state index in [1.165, 1.54) is 44.2 Å². The summed E-state index contributed by atoms with van der Waals surface area (Å²) in [7, 11) is 2.16. The zero-order valence-electron chi connectivity index (χ0n) is 19.0. The van der Waals surface area contributed by atoms with Crippen molar-refractivity contribution in [3.8, 4) is 0 Å². The predicted molar refractivity (Wildman–Crippen MR) is 118 cm³/mol. The Morgan fingerprint density at radius 3 is 2.79 bits per heavy atom. The monoisotopic (exact) mass is 402 g/mol. The summed E-state index contributed by atoms with van der Waals surface area (Å²) < 4.78 is 0. The summed E-state index contributed by atoms with van der Waals surface area (Å²) in [6, 6.07) is 0. The van der Waals surface area contributed by atoms with Gasteiger partial charge in [0.15, 0.2) is 0 Å². The van der Waals surface area contributed by atoms with Crippen LogP contribution in [0.2, 0.25) is 0 Å². The topological polar surface area (TPSA) is 41.9 Å². The number of oxime groups is 1. The van der Waals surface area contributed by atoms with Crippen LogP contribution >= 0.6 is 0 Å². The summed E-state index contributed by atoms with van der Waals surface area (Å²) in [6.07, 6.45) is 14.6. The molecule has 0 aromatic heterocycles. The minimum Gasteiger partial charge on any atom is -0.391 e. The minimum absolute atomic E-state index is 0.00218. The van der Waals surface area contributed by atoms with Crippen LogP contribution in [0.1, 0.15) is 90.9 Å². The maximum atomic E-state index is 12.6. The Balaban J connectivity index is 1.32. The van der Waals surface area contributed by atoms with Gasteiger partial charge in [0.25, 0.3) is 0 Å². The zero-order chi connectivity index (χ0) is 20.4. The highest BCUT2D eigenvalue weighted by molar-refractivity contribution is 5.87. The van der Waals surface area contributed by atoms with Crippen molar-refractivity contribution < 1.29 is 9.63 Å². The lowest BCUT2D eigenvalue weighted by Crippen LogP contribution is -2.41. The number of rotatable bonds is 6. The fourth-order valence-corrected chi connectivity index (χ4v) is 7.10. The summed E-state index contributed by atoms with van der Waals surface area (Å²) in [6.45, 7) is 6.79. The van der Waals surface area contributed by atoms with Crippen molar-refractivity contribution in [1.29, 1.82) is 0 Å². The summed E-state index contributed by atoms with van der Waals surface area (Å²) in [5, 5.41) is 4.60. The quantitative estimate of drug-likeness (QED) is 0.554. The highest BCUT2D eigenvalue weighted by Crippen LogP contribution is 2.56. The second-order valence-corrected chi connectivity index (χ2v) is 10.8. The molecule has 0 aromatic rings. The van der Waals surface area contributed by atoms with Gasteiger partial charge < -0.3 is 9.74 Å². The van der Waals surface area contributed by atoms with Gasteiger partial charge in [0.1, 0.15) is 11.9 Å². The lowest BCUT2D eigenvalue weighted by atomic mass is 9.58. The van der Waals surface area contributed by atoms with E-state index in [9.17, 15) is 4.79 Å². The summed E-state index contributed by atoms with van der Waals surface area (Å²) in [5.74, 6) is 3.56. The van der Waals surface area contributed by atoms with Crippen LogP contribution in [0.25, 0.3) is 0 Å². The second-order valence-electron chi connectivity index (χ2n) is 10.8. The van der Waals surface area contributed by atoms with Gasteiger partial charge >= 0.3 is 0 Å². The van der Waals surface area contributed by atoms with Gasteiger partial charge in [-0.1, -0.05) is 25.4 Å². The molecule has 29 heavy (non-hydrogen) atoms. The maximum absolute atomic E-state index is 12.6. The molecule has 4 aliphatic rings. The van der Waals surface area contributed by atoms with Crippen LogP contribution < -0.4 is 0 Å². The third-order valence-electron chi connectivity index (χ3n) is 9.01. The average molecular weight is 403 g/mol. The van der Waals surface area contributed by atoms with Crippen LogP contribution in [0.3, 0.4) is 0 Å². The Morgan fingerprint density at radius 1 is 1.17 bits per heavy atom. The molecule has 4 heteroatoms. The Morgan fingerprint density at radius 2 is 2.03 bits per heavy atom. The fraction of sp³-hybridized carbons (Fsp3) is 0.920. The lowest BCUT2D eigenvalue weighted by molar-refractivity contribution is -0.130. The van der Waals surface area contributed by atoms with E-state index in [1.54, 1.807) is 0 Å². The molecule has 1 saturated heterocycles. The van der Waals surface area contributed by atoms with Crippen LogP contribution in [-0.4, -0.2) is 42.6 Å². The predicted octanol–water partition coefficient (Wildman–Crippen LogP) is 5.46. The molecule has 6 unspecified atom stereocenters. The molecule has 0 bridgehead atoms. The number of nitrogens with zero attached hydrogens (tertiary/aromatic N) is 2. The first-order chi connectivity index (χ1) is 14.0. The molecule has 4 fully saturated rings. The first-order valence-corrected chi connectivity index (χ1v) is 12.4. The second kappa shape index (κ2) is 9.08. The third-order valence-corrected chi connectivity index (χ3v) is 9.01. The molecular weight excluding hydrogens is 360 g/mol. The molecule has 3 aliphatic carbocycles. The number of hydrogen-bond donors (Lipinski definition) is 0. The molecular formula is C25H42N2O2. The Labute approximate surface area is 177 Å². The van der Waals surface area contributed by atoms with Crippen molar-refractivity contribution in [2.24, 2.45) is 34.2 Å². The smallest absolute Gasteiger partial charge is 0.141 e. The number of hydrogen-bond acceptors (Lipinski definition) is 4. The van der Waals surface area contributed by atoms with E-state index < -0.39 is 0 Å². The number of carbonyl (C=O) groups excluding carboxylic acids is 1. The van der Waals surface area contributed by atoms with Crippen LogP contribution in [0.15, 0.2) is 5.16 Å². The van der Waals surface area contributed by atoms with E-state index in [2.05, 4.69) is 31.0 Å². The van der Waals surface area contributed by atoms with E-state index in [0.29, 0.717) is 11.7 Å². The lowest BCUT2D eigenvalue weighted by Gasteiger charge is -2.46. The first-order valence-electron chi connectivity index (χ1n) is 12.4. The van der Waals surface area contributed by atoms with E-state index in [1.807, 2.05) is 0 Å². The molecule has 1 aliphatic heterocycles. The number of carbonyl (C=O) groups is 1. The number of fused-ring (bicyclic) bond motifs is 1. The van der Waals surface area contributed by atoms with Gasteiger partial charge in [-0.25, -0.2) is 0 Å². The standard InChI is InChI=1S/C25H42N2O2/c1-4-19-12-14-25(2)23(10-11-24(25)28)22(19)9-8-18-6-5-7-20(16-18)26-29-21-13-15-27(3)17-21/h18-19,21-23H,4-17H2,1-3H3. The maximum Gasteiger partial charge on any atom is 0.141 e. The van der Waals surface area contributed by atoms with Crippen molar-refractivity contribution in [3.05, 3.63) is 0 Å². The fourth-order valence-electron chi connectivity index (χ4n) is 7.10. The molecule has 4 rings (SSSR count). The van der Waals surface area contributed by atoms with Crippen molar-refractivity contribution in [3.63, 3.8) is 0 Å². The summed E-state index contributed by atoms with van der Waals surface area (Å²) in [5.41, 5.74) is 1.30. The largest absolute Gasteiger partial charge is 0.391 e. The van der Waals surface area contributed by atoms with Crippen LogP contribution in [0.4, 0.5) is 0 Å². The van der Waals surface area contributed by atoms with Crippen molar-refractivity contribution >= 4 is 11.5 Å². The molecule has 0 amide bonds. The SMILES string of the molecule is CCC1CCC2(C)C(=O)CCC2C1CCC1CCCC(=NOC2CCN(C)C2)C1. The van der Waals surface area contributed by atoms with Gasteiger partial charge in [0, 0.05) is 31.3 Å². The Kier molecular flexibility index (Phi) is 6.68. The molecule has 0 radical (unpaired) electrons. The molecule has 1 heterocycles. The van der Waals surface area contributed by atoms with Crippen molar-refractivity contribution in [2.45, 2.75) is 97.0 Å². The van der Waals surface area contributed by atoms with Crippen molar-refractivity contribution in [2.75, 3.05) is 20.1 Å². The van der Waals surface area contributed by atoms with Gasteiger partial charge in [-0.05, 0) is 88.5 Å². The van der Waals surface area contributed by atoms with Gasteiger partial charge in [-0.2, -0.15) is 0 Å². The summed E-state index contributed by atoms with van der Waals surface area (Å²) >= 11 is 0. The average Bonchev–Trinajstić information content (AvgIpc) is 3.27. The number of ketones is 1. The highest BCUT2D eigenvalue weighted by Gasteiger charge is 2.52. The number of likely N-dealkylation sites (N-methyl/N-ethyl adjacent to an activating group) is 1. The van der Waals surface area contributed by atoms with Crippen LogP contribution in [-0.2, 0) is 9.63 Å². The Hall–Kier alpha value is -0.900. The molecule has 0 spiro atoms. The van der Waals surface area contributed by atoms with E-state index in [4.69, 9.17) is 4.84 Å². The minimum atomic E-state index is -0.00218. The van der Waals surface area contributed by atoms with Crippen LogP contribution in [0, 0.1) is 29.1 Å². The third kappa shape index (κ3) is 4.57. The number of Topliss-reactive ketones (excluding diaryl/α,β-unsaturated/α-hetero) is 1. The molecule has 164 valence electrons. The molecule has 0 N–H and O–H groups in total. The molecule has 4 nitrogen and oxygen atoms in total.